The van der Waals surface area contributed by atoms with Crippen molar-refractivity contribution in [3.05, 3.63) is 48.5 Å². The zero-order valence-corrected chi connectivity index (χ0v) is 15.0. The van der Waals surface area contributed by atoms with Crippen LogP contribution >= 0.6 is 0 Å². The molecule has 8 nitrogen and oxygen atoms in total. The fourth-order valence-electron chi connectivity index (χ4n) is 1.92. The molecule has 0 spiro atoms. The van der Waals surface area contributed by atoms with Gasteiger partial charge in [0.15, 0.2) is 0 Å². The van der Waals surface area contributed by atoms with Crippen molar-refractivity contribution < 1.29 is 26.4 Å². The summed E-state index contributed by atoms with van der Waals surface area (Å²) in [5.74, 6) is -0.198. The van der Waals surface area contributed by atoms with Crippen molar-refractivity contribution in [2.24, 2.45) is 0 Å². The highest BCUT2D eigenvalue weighted by molar-refractivity contribution is 7.92. The topological polar surface area (TPSA) is 119 Å². The van der Waals surface area contributed by atoms with E-state index < -0.39 is 26.0 Å². The van der Waals surface area contributed by atoms with E-state index in [9.17, 15) is 21.6 Å². The molecule has 134 valence electrons. The fraction of sp³-hybridized carbons (Fsp3) is 0.133. The Balaban J connectivity index is 2.21. The van der Waals surface area contributed by atoms with Crippen LogP contribution in [0.5, 0.6) is 5.75 Å². The van der Waals surface area contributed by atoms with Gasteiger partial charge in [0.1, 0.15) is 5.75 Å². The third-order valence-corrected chi connectivity index (χ3v) is 5.91. The van der Waals surface area contributed by atoms with Crippen LogP contribution in [-0.4, -0.2) is 29.9 Å². The van der Waals surface area contributed by atoms with Crippen LogP contribution in [0.2, 0.25) is 0 Å². The lowest BCUT2D eigenvalue weighted by Crippen LogP contribution is -2.28. The van der Waals surface area contributed by atoms with Crippen molar-refractivity contribution in [1.29, 1.82) is 0 Å². The van der Waals surface area contributed by atoms with E-state index in [0.29, 0.717) is 5.75 Å². The van der Waals surface area contributed by atoms with Crippen LogP contribution in [0.15, 0.2) is 58.3 Å². The van der Waals surface area contributed by atoms with E-state index in [1.165, 1.54) is 55.6 Å². The second kappa shape index (κ2) is 7.11. The summed E-state index contributed by atoms with van der Waals surface area (Å²) in [5.41, 5.74) is 0.178. The lowest BCUT2D eigenvalue weighted by molar-refractivity contribution is -0.117. The monoisotopic (exact) mass is 384 g/mol. The molecule has 25 heavy (non-hydrogen) atoms. The molecule has 0 saturated heterocycles. The van der Waals surface area contributed by atoms with Crippen molar-refractivity contribution in [1.82, 2.24) is 4.72 Å². The standard InChI is InChI=1S/C15H16N2O6S2/c1-11(18)16-24(19,20)14-7-3-12(4-8-14)17-25(21,22)15-9-5-13(23-2)6-10-15/h3-10,17H,1-2H3,(H,16,18). The van der Waals surface area contributed by atoms with Crippen molar-refractivity contribution in [3.63, 3.8) is 0 Å². The molecule has 2 aromatic carbocycles. The third kappa shape index (κ3) is 4.70. The minimum absolute atomic E-state index is 0.0308. The van der Waals surface area contributed by atoms with E-state index in [1.807, 2.05) is 4.72 Å². The molecule has 2 aromatic rings. The summed E-state index contributed by atoms with van der Waals surface area (Å²) in [6.45, 7) is 1.08. The number of nitrogens with one attached hydrogen (secondary N) is 2. The number of benzene rings is 2. The first-order valence-electron chi connectivity index (χ1n) is 6.94. The molecular weight excluding hydrogens is 368 g/mol. The maximum atomic E-state index is 12.3. The average molecular weight is 384 g/mol. The highest BCUT2D eigenvalue weighted by atomic mass is 32.2. The quantitative estimate of drug-likeness (QED) is 0.775. The Morgan fingerprint density at radius 2 is 1.32 bits per heavy atom. The van der Waals surface area contributed by atoms with E-state index in [-0.39, 0.29) is 15.5 Å². The van der Waals surface area contributed by atoms with Crippen molar-refractivity contribution in [3.8, 4) is 5.75 Å². The summed E-state index contributed by atoms with van der Waals surface area (Å²) in [6, 6.07) is 10.8. The molecule has 0 aliphatic carbocycles. The molecule has 0 aliphatic rings. The first kappa shape index (κ1) is 18.7. The van der Waals surface area contributed by atoms with Crippen LogP contribution < -0.4 is 14.2 Å². The number of sulfonamides is 2. The van der Waals surface area contributed by atoms with E-state index >= 15 is 0 Å². The van der Waals surface area contributed by atoms with Gasteiger partial charge < -0.3 is 4.74 Å². The predicted octanol–water partition coefficient (Wildman–Crippen LogP) is 1.32. The van der Waals surface area contributed by atoms with Crippen LogP contribution in [-0.2, 0) is 24.8 Å². The normalized spacial score (nSPS) is 11.6. The lowest BCUT2D eigenvalue weighted by Gasteiger charge is -2.10. The van der Waals surface area contributed by atoms with Gasteiger partial charge in [-0.3, -0.25) is 9.52 Å². The number of carbonyl (C=O) groups is 1. The summed E-state index contributed by atoms with van der Waals surface area (Å²) in [5, 5.41) is 0. The Morgan fingerprint density at radius 1 is 0.840 bits per heavy atom. The van der Waals surface area contributed by atoms with Gasteiger partial charge in [0, 0.05) is 12.6 Å². The second-order valence-electron chi connectivity index (χ2n) is 4.97. The van der Waals surface area contributed by atoms with Gasteiger partial charge in [-0.15, -0.1) is 0 Å². The first-order valence-corrected chi connectivity index (χ1v) is 9.91. The van der Waals surface area contributed by atoms with E-state index in [1.54, 1.807) is 0 Å². The molecule has 0 unspecified atom stereocenters. The molecule has 1 amide bonds. The molecular formula is C15H16N2O6S2. The third-order valence-electron chi connectivity index (χ3n) is 3.06. The molecule has 2 N–H and O–H groups in total. The van der Waals surface area contributed by atoms with Crippen LogP contribution in [0.25, 0.3) is 0 Å². The highest BCUT2D eigenvalue weighted by Gasteiger charge is 2.17. The summed E-state index contributed by atoms with van der Waals surface area (Å²) >= 11 is 0. The van der Waals surface area contributed by atoms with E-state index in [4.69, 9.17) is 4.74 Å². The SMILES string of the molecule is COc1ccc(S(=O)(=O)Nc2ccc(S(=O)(=O)NC(C)=O)cc2)cc1. The van der Waals surface area contributed by atoms with Gasteiger partial charge in [0.2, 0.25) is 5.91 Å². The van der Waals surface area contributed by atoms with Crippen molar-refractivity contribution in [2.75, 3.05) is 11.8 Å². The summed E-state index contributed by atoms with van der Waals surface area (Å²) in [7, 11) is -6.33. The predicted molar refractivity (Wildman–Crippen MR) is 91.2 cm³/mol. The summed E-state index contributed by atoms with van der Waals surface area (Å²) < 4.78 is 57.4. The summed E-state index contributed by atoms with van der Waals surface area (Å²) in [4.78, 5) is 10.8. The summed E-state index contributed by atoms with van der Waals surface area (Å²) in [6.07, 6.45) is 0. The molecule has 0 fully saturated rings. The van der Waals surface area contributed by atoms with Crippen LogP contribution in [0, 0.1) is 0 Å². The Bertz CT molecular complexity index is 966. The molecule has 0 atom stereocenters. The van der Waals surface area contributed by atoms with Crippen molar-refractivity contribution >= 4 is 31.6 Å². The largest absolute Gasteiger partial charge is 0.497 e. The number of methoxy groups -OCH3 is 1. The Hall–Kier alpha value is -2.59. The Labute approximate surface area is 145 Å². The van der Waals surface area contributed by atoms with Gasteiger partial charge >= 0.3 is 0 Å². The maximum Gasteiger partial charge on any atom is 0.264 e. The molecule has 0 saturated carbocycles. The Morgan fingerprint density at radius 3 is 1.80 bits per heavy atom. The van der Waals surface area contributed by atoms with Crippen LogP contribution in [0.1, 0.15) is 6.92 Å². The number of hydrogen-bond donors (Lipinski definition) is 2. The van der Waals surface area contributed by atoms with E-state index in [2.05, 4.69) is 4.72 Å². The number of carbonyl (C=O) groups excluding carboxylic acids is 1. The maximum absolute atomic E-state index is 12.3. The van der Waals surface area contributed by atoms with Gasteiger partial charge in [-0.25, -0.2) is 21.6 Å². The zero-order valence-electron chi connectivity index (χ0n) is 13.4. The fourth-order valence-corrected chi connectivity index (χ4v) is 3.97. The van der Waals surface area contributed by atoms with Crippen LogP contribution in [0.3, 0.4) is 0 Å². The number of hydrogen-bond acceptors (Lipinski definition) is 6. The highest BCUT2D eigenvalue weighted by Crippen LogP contribution is 2.20. The number of anilines is 1. The minimum atomic E-state index is -3.97. The molecule has 0 aromatic heterocycles. The number of rotatable bonds is 6. The lowest BCUT2D eigenvalue weighted by atomic mass is 10.3. The second-order valence-corrected chi connectivity index (χ2v) is 8.33. The number of ether oxygens (including phenoxy) is 1. The molecule has 2 rings (SSSR count). The van der Waals surface area contributed by atoms with Gasteiger partial charge in [0.05, 0.1) is 16.9 Å². The molecule has 0 heterocycles. The minimum Gasteiger partial charge on any atom is -0.497 e. The first-order chi connectivity index (χ1) is 11.6. The zero-order chi connectivity index (χ0) is 18.7. The van der Waals surface area contributed by atoms with Gasteiger partial charge in [-0.2, -0.15) is 0 Å². The van der Waals surface area contributed by atoms with Crippen LogP contribution in [0.4, 0.5) is 5.69 Å². The van der Waals surface area contributed by atoms with Gasteiger partial charge in [-0.05, 0) is 48.5 Å². The van der Waals surface area contributed by atoms with Gasteiger partial charge in [0.25, 0.3) is 20.0 Å². The number of amides is 1. The van der Waals surface area contributed by atoms with Gasteiger partial charge in [-0.1, -0.05) is 0 Å². The molecule has 0 radical (unpaired) electrons. The smallest absolute Gasteiger partial charge is 0.264 e. The van der Waals surface area contributed by atoms with E-state index in [0.717, 1.165) is 6.92 Å². The molecule has 0 aliphatic heterocycles. The molecule has 10 heteroatoms. The molecule has 0 bridgehead atoms. The average Bonchev–Trinajstić information content (AvgIpc) is 2.54. The van der Waals surface area contributed by atoms with Crippen molar-refractivity contribution in [2.45, 2.75) is 16.7 Å². The Kier molecular flexibility index (Phi) is 5.33.